The standard InChI is InChI=1S/C10H11BrNO/c1-2-6-13-12-8-9-4-3-5-10(11)7-9/h3-5,7H,2,6H2,1H3. The van der Waals surface area contributed by atoms with Crippen molar-refractivity contribution in [1.29, 1.82) is 0 Å². The number of nitrogens with zero attached hydrogens (tertiary/aromatic N) is 1. The van der Waals surface area contributed by atoms with E-state index in [1.54, 1.807) is 0 Å². The SMILES string of the molecule is CCCO/N=[C]\c1cccc(Br)c1. The van der Waals surface area contributed by atoms with Gasteiger partial charge >= 0.3 is 0 Å². The topological polar surface area (TPSA) is 21.6 Å². The van der Waals surface area contributed by atoms with E-state index in [0.717, 1.165) is 16.5 Å². The lowest BCUT2D eigenvalue weighted by Crippen LogP contribution is -1.86. The molecule has 0 aromatic heterocycles. The quantitative estimate of drug-likeness (QED) is 0.451. The molecule has 1 aromatic carbocycles. The highest BCUT2D eigenvalue weighted by atomic mass is 79.9. The molecule has 0 atom stereocenters. The molecule has 13 heavy (non-hydrogen) atoms. The van der Waals surface area contributed by atoms with Crippen LogP contribution >= 0.6 is 15.9 Å². The maximum atomic E-state index is 4.93. The minimum atomic E-state index is 0.640. The summed E-state index contributed by atoms with van der Waals surface area (Å²) in [6.07, 6.45) is 3.76. The molecule has 0 bridgehead atoms. The first-order valence-corrected chi connectivity index (χ1v) is 4.96. The molecular formula is C10H11BrNO. The third kappa shape index (κ3) is 4.08. The maximum Gasteiger partial charge on any atom is 0.139 e. The van der Waals surface area contributed by atoms with E-state index in [-0.39, 0.29) is 0 Å². The molecule has 1 aromatic rings. The Morgan fingerprint density at radius 3 is 3.08 bits per heavy atom. The van der Waals surface area contributed by atoms with Crippen molar-refractivity contribution in [2.75, 3.05) is 6.61 Å². The fourth-order valence-corrected chi connectivity index (χ4v) is 1.18. The van der Waals surface area contributed by atoms with Gasteiger partial charge in [-0.25, -0.2) is 0 Å². The van der Waals surface area contributed by atoms with E-state index in [1.807, 2.05) is 31.2 Å². The summed E-state index contributed by atoms with van der Waals surface area (Å²) >= 11 is 3.36. The second-order valence-electron chi connectivity index (χ2n) is 2.55. The molecule has 0 heterocycles. The van der Waals surface area contributed by atoms with Crippen molar-refractivity contribution in [1.82, 2.24) is 0 Å². The lowest BCUT2D eigenvalue weighted by atomic mass is 10.2. The van der Waals surface area contributed by atoms with Gasteiger partial charge in [-0.3, -0.25) is 0 Å². The average Bonchev–Trinajstić information content (AvgIpc) is 2.13. The van der Waals surface area contributed by atoms with Crippen LogP contribution in [0.2, 0.25) is 0 Å². The van der Waals surface area contributed by atoms with Gasteiger partial charge in [-0.2, -0.15) is 0 Å². The molecule has 1 radical (unpaired) electrons. The van der Waals surface area contributed by atoms with E-state index in [2.05, 4.69) is 27.3 Å². The van der Waals surface area contributed by atoms with Crippen LogP contribution in [0.3, 0.4) is 0 Å². The minimum Gasteiger partial charge on any atom is -0.395 e. The Morgan fingerprint density at radius 2 is 2.38 bits per heavy atom. The molecule has 0 unspecified atom stereocenters. The maximum absolute atomic E-state index is 4.93. The van der Waals surface area contributed by atoms with Gasteiger partial charge in [-0.05, 0) is 18.6 Å². The first kappa shape index (κ1) is 10.3. The van der Waals surface area contributed by atoms with Crippen molar-refractivity contribution in [2.45, 2.75) is 13.3 Å². The molecule has 0 amide bonds. The molecule has 3 heteroatoms. The van der Waals surface area contributed by atoms with Crippen molar-refractivity contribution >= 4 is 22.1 Å². The molecular weight excluding hydrogens is 230 g/mol. The zero-order chi connectivity index (χ0) is 9.52. The van der Waals surface area contributed by atoms with Gasteiger partial charge in [0, 0.05) is 10.0 Å². The molecule has 0 aliphatic carbocycles. The van der Waals surface area contributed by atoms with E-state index in [9.17, 15) is 0 Å². The van der Waals surface area contributed by atoms with Gasteiger partial charge in [-0.1, -0.05) is 40.1 Å². The summed E-state index contributed by atoms with van der Waals surface area (Å²) in [6, 6.07) is 7.74. The van der Waals surface area contributed by atoms with Crippen LogP contribution in [-0.2, 0) is 4.84 Å². The normalized spacial score (nSPS) is 10.6. The fourth-order valence-electron chi connectivity index (χ4n) is 0.780. The van der Waals surface area contributed by atoms with Crippen molar-refractivity contribution in [3.05, 3.63) is 34.3 Å². The monoisotopic (exact) mass is 240 g/mol. The van der Waals surface area contributed by atoms with Crippen LogP contribution in [0.4, 0.5) is 0 Å². The Labute approximate surface area is 86.7 Å². The largest absolute Gasteiger partial charge is 0.395 e. The molecule has 69 valence electrons. The third-order valence-electron chi connectivity index (χ3n) is 1.36. The average molecular weight is 241 g/mol. The summed E-state index contributed by atoms with van der Waals surface area (Å²) in [5, 5.41) is 3.70. The molecule has 0 N–H and O–H groups in total. The van der Waals surface area contributed by atoms with Crippen LogP contribution in [0.25, 0.3) is 0 Å². The molecule has 2 nitrogen and oxygen atoms in total. The Morgan fingerprint density at radius 1 is 1.54 bits per heavy atom. The van der Waals surface area contributed by atoms with Crippen LogP contribution in [0.5, 0.6) is 0 Å². The fraction of sp³-hybridized carbons (Fsp3) is 0.300. The Hall–Kier alpha value is -0.830. The smallest absolute Gasteiger partial charge is 0.139 e. The highest BCUT2D eigenvalue weighted by Crippen LogP contribution is 2.09. The minimum absolute atomic E-state index is 0.640. The summed E-state index contributed by atoms with van der Waals surface area (Å²) in [5.41, 5.74) is 0.908. The Bertz CT molecular complexity index is 286. The summed E-state index contributed by atoms with van der Waals surface area (Å²) in [6.45, 7) is 2.68. The van der Waals surface area contributed by atoms with Crippen molar-refractivity contribution in [3.8, 4) is 0 Å². The lowest BCUT2D eigenvalue weighted by Gasteiger charge is -1.94. The summed E-state index contributed by atoms with van der Waals surface area (Å²) < 4.78 is 1.02. The molecule has 1 rings (SSSR count). The first-order valence-electron chi connectivity index (χ1n) is 4.16. The molecule has 0 aliphatic rings. The number of benzene rings is 1. The van der Waals surface area contributed by atoms with Gasteiger partial charge in [0.15, 0.2) is 0 Å². The molecule has 0 saturated heterocycles. The molecule has 0 spiro atoms. The van der Waals surface area contributed by atoms with Gasteiger partial charge in [-0.15, -0.1) is 0 Å². The van der Waals surface area contributed by atoms with Gasteiger partial charge in [0.05, 0.1) is 0 Å². The van der Waals surface area contributed by atoms with Crippen LogP contribution in [0, 0.1) is 0 Å². The van der Waals surface area contributed by atoms with Crippen LogP contribution < -0.4 is 0 Å². The van der Waals surface area contributed by atoms with Crippen LogP contribution in [0.1, 0.15) is 18.9 Å². The Kier molecular flexibility index (Phi) is 4.54. The number of rotatable bonds is 4. The van der Waals surface area contributed by atoms with E-state index < -0.39 is 0 Å². The van der Waals surface area contributed by atoms with E-state index in [4.69, 9.17) is 4.84 Å². The summed E-state index contributed by atoms with van der Waals surface area (Å²) in [4.78, 5) is 4.93. The Balaban J connectivity index is 2.48. The van der Waals surface area contributed by atoms with Gasteiger partial charge in [0.1, 0.15) is 12.8 Å². The van der Waals surface area contributed by atoms with Gasteiger partial charge in [0.2, 0.25) is 0 Å². The second-order valence-corrected chi connectivity index (χ2v) is 3.46. The van der Waals surface area contributed by atoms with Crippen molar-refractivity contribution < 1.29 is 4.84 Å². The summed E-state index contributed by atoms with van der Waals surface area (Å²) in [5.74, 6) is 0. The molecule has 0 aliphatic heterocycles. The van der Waals surface area contributed by atoms with Crippen LogP contribution in [0.15, 0.2) is 33.9 Å². The zero-order valence-corrected chi connectivity index (χ0v) is 9.04. The van der Waals surface area contributed by atoms with Gasteiger partial charge < -0.3 is 4.84 Å². The van der Waals surface area contributed by atoms with E-state index in [0.29, 0.717) is 6.61 Å². The predicted molar refractivity (Wildman–Crippen MR) is 56.9 cm³/mol. The third-order valence-corrected chi connectivity index (χ3v) is 1.85. The predicted octanol–water partition coefficient (Wildman–Crippen LogP) is 3.09. The highest BCUT2D eigenvalue weighted by Gasteiger charge is 1.89. The van der Waals surface area contributed by atoms with Crippen molar-refractivity contribution in [3.63, 3.8) is 0 Å². The zero-order valence-electron chi connectivity index (χ0n) is 7.46. The first-order chi connectivity index (χ1) is 6.33. The van der Waals surface area contributed by atoms with Gasteiger partial charge in [0.25, 0.3) is 0 Å². The molecule has 0 saturated carbocycles. The van der Waals surface area contributed by atoms with Crippen LogP contribution in [-0.4, -0.2) is 12.8 Å². The second kappa shape index (κ2) is 5.75. The van der Waals surface area contributed by atoms with E-state index in [1.165, 1.54) is 0 Å². The van der Waals surface area contributed by atoms with Crippen molar-refractivity contribution in [2.24, 2.45) is 5.16 Å². The van der Waals surface area contributed by atoms with E-state index >= 15 is 0 Å². The molecule has 0 fully saturated rings. The number of hydrogen-bond acceptors (Lipinski definition) is 2. The highest BCUT2D eigenvalue weighted by molar-refractivity contribution is 9.10. The summed E-state index contributed by atoms with van der Waals surface area (Å²) in [7, 11) is 0. The number of hydrogen-bond donors (Lipinski definition) is 0. The lowest BCUT2D eigenvalue weighted by molar-refractivity contribution is 0.146. The number of halogens is 1.